The van der Waals surface area contributed by atoms with Crippen molar-refractivity contribution in [1.29, 1.82) is 0 Å². The second-order valence-electron chi connectivity index (χ2n) is 4.32. The largest absolute Gasteiger partial charge is 0.375 e. The molecule has 72 valence electrons. The quantitative estimate of drug-likeness (QED) is 0.629. The van der Waals surface area contributed by atoms with Crippen LogP contribution >= 0.6 is 0 Å². The van der Waals surface area contributed by atoms with E-state index in [9.17, 15) is 0 Å². The second kappa shape index (κ2) is 3.73. The van der Waals surface area contributed by atoms with Crippen LogP contribution in [-0.4, -0.2) is 37.4 Å². The van der Waals surface area contributed by atoms with Crippen molar-refractivity contribution >= 4 is 0 Å². The highest BCUT2D eigenvalue weighted by molar-refractivity contribution is 4.81. The Morgan fingerprint density at radius 3 is 2.58 bits per heavy atom. The number of rotatable bonds is 2. The van der Waals surface area contributed by atoms with E-state index >= 15 is 0 Å². The number of ether oxygens (including phenoxy) is 1. The smallest absolute Gasteiger partial charge is 0.0641 e. The Balaban J connectivity index is 2.36. The van der Waals surface area contributed by atoms with Gasteiger partial charge in [-0.05, 0) is 26.7 Å². The first-order chi connectivity index (χ1) is 5.49. The van der Waals surface area contributed by atoms with Crippen LogP contribution in [0.4, 0.5) is 0 Å². The first-order valence-corrected chi connectivity index (χ1v) is 4.57. The van der Waals surface area contributed by atoms with Gasteiger partial charge in [-0.15, -0.1) is 0 Å². The predicted octanol–water partition coefficient (Wildman–Crippen LogP) is 1.01. The van der Waals surface area contributed by atoms with Gasteiger partial charge in [0.15, 0.2) is 0 Å². The molecule has 0 radical (unpaired) electrons. The van der Waals surface area contributed by atoms with Gasteiger partial charge in [0, 0.05) is 26.7 Å². The number of hydrogen-bond donors (Lipinski definition) is 1. The highest BCUT2D eigenvalue weighted by atomic mass is 16.5. The van der Waals surface area contributed by atoms with Crippen LogP contribution in [0, 0.1) is 0 Å². The van der Waals surface area contributed by atoms with Crippen molar-refractivity contribution in [2.75, 3.05) is 20.7 Å². The Bertz CT molecular complexity index is 145. The Morgan fingerprint density at radius 2 is 2.08 bits per heavy atom. The molecule has 0 bridgehead atoms. The van der Waals surface area contributed by atoms with Crippen molar-refractivity contribution in [3.63, 3.8) is 0 Å². The van der Waals surface area contributed by atoms with Gasteiger partial charge in [-0.25, -0.2) is 0 Å². The van der Waals surface area contributed by atoms with Crippen molar-refractivity contribution in [2.24, 2.45) is 0 Å². The van der Waals surface area contributed by atoms with Crippen LogP contribution in [0.15, 0.2) is 0 Å². The van der Waals surface area contributed by atoms with Crippen LogP contribution in [0.25, 0.3) is 0 Å². The Kier molecular flexibility index (Phi) is 3.09. The van der Waals surface area contributed by atoms with Gasteiger partial charge in [0.25, 0.3) is 0 Å². The molecule has 3 nitrogen and oxygen atoms in total. The lowest BCUT2D eigenvalue weighted by Crippen LogP contribution is -2.48. The summed E-state index contributed by atoms with van der Waals surface area (Å²) in [6.45, 7) is 5.17. The normalized spacial score (nSPS) is 29.2. The molecule has 1 aliphatic heterocycles. The van der Waals surface area contributed by atoms with E-state index in [1.54, 1.807) is 0 Å². The van der Waals surface area contributed by atoms with Gasteiger partial charge >= 0.3 is 0 Å². The minimum Gasteiger partial charge on any atom is -0.375 e. The molecule has 1 atom stereocenters. The van der Waals surface area contributed by atoms with E-state index in [4.69, 9.17) is 4.74 Å². The topological polar surface area (TPSA) is 24.5 Å². The van der Waals surface area contributed by atoms with E-state index in [-0.39, 0.29) is 5.60 Å². The Labute approximate surface area is 75.0 Å². The summed E-state index contributed by atoms with van der Waals surface area (Å²) in [4.78, 5) is 0. The lowest BCUT2D eigenvalue weighted by molar-refractivity contribution is -0.0701. The van der Waals surface area contributed by atoms with Crippen LogP contribution < -0.4 is 5.43 Å². The van der Waals surface area contributed by atoms with Crippen molar-refractivity contribution < 1.29 is 4.74 Å². The maximum absolute atomic E-state index is 5.62. The third kappa shape index (κ3) is 3.09. The molecule has 1 rings (SSSR count). The zero-order valence-corrected chi connectivity index (χ0v) is 8.55. The highest BCUT2D eigenvalue weighted by Gasteiger charge is 2.28. The Hall–Kier alpha value is -0.120. The van der Waals surface area contributed by atoms with Gasteiger partial charge < -0.3 is 4.74 Å². The van der Waals surface area contributed by atoms with E-state index in [2.05, 4.69) is 19.3 Å². The lowest BCUT2D eigenvalue weighted by Gasteiger charge is -2.37. The molecule has 1 aliphatic rings. The molecule has 12 heavy (non-hydrogen) atoms. The third-order valence-electron chi connectivity index (χ3n) is 2.14. The first-order valence-electron chi connectivity index (χ1n) is 4.57. The van der Waals surface area contributed by atoms with Crippen LogP contribution in [0.3, 0.4) is 0 Å². The molecule has 0 aromatic heterocycles. The van der Waals surface area contributed by atoms with E-state index < -0.39 is 0 Å². The summed E-state index contributed by atoms with van der Waals surface area (Å²) in [6.07, 6.45) is 2.20. The zero-order chi connectivity index (χ0) is 9.19. The standard InChI is InChI=1S/C9H20N2O/c1-9(2)7-8(5-6-12-9)10-11(3)4/h8,10H,5-7H2,1-4H3. The van der Waals surface area contributed by atoms with Crippen LogP contribution in [-0.2, 0) is 4.74 Å². The van der Waals surface area contributed by atoms with Crippen molar-refractivity contribution in [3.8, 4) is 0 Å². The lowest BCUT2D eigenvalue weighted by atomic mass is 9.94. The maximum atomic E-state index is 5.62. The monoisotopic (exact) mass is 172 g/mol. The highest BCUT2D eigenvalue weighted by Crippen LogP contribution is 2.23. The molecular formula is C9H20N2O. The zero-order valence-electron chi connectivity index (χ0n) is 8.55. The summed E-state index contributed by atoms with van der Waals surface area (Å²) in [7, 11) is 4.06. The van der Waals surface area contributed by atoms with Gasteiger partial charge in [0.2, 0.25) is 0 Å². The minimum atomic E-state index is 0.0475. The first kappa shape index (κ1) is 9.96. The van der Waals surface area contributed by atoms with Crippen molar-refractivity contribution in [3.05, 3.63) is 0 Å². The van der Waals surface area contributed by atoms with Gasteiger partial charge in [-0.1, -0.05) is 0 Å². The van der Waals surface area contributed by atoms with Crippen LogP contribution in [0.2, 0.25) is 0 Å². The van der Waals surface area contributed by atoms with Gasteiger partial charge in [-0.2, -0.15) is 0 Å². The summed E-state index contributed by atoms with van der Waals surface area (Å²) in [5, 5.41) is 2.02. The van der Waals surface area contributed by atoms with Gasteiger partial charge in [0.05, 0.1) is 5.60 Å². The predicted molar refractivity (Wildman–Crippen MR) is 49.9 cm³/mol. The van der Waals surface area contributed by atoms with Crippen LogP contribution in [0.1, 0.15) is 26.7 Å². The average molecular weight is 172 g/mol. The minimum absolute atomic E-state index is 0.0475. The fourth-order valence-electron chi connectivity index (χ4n) is 1.71. The fourth-order valence-corrected chi connectivity index (χ4v) is 1.71. The molecule has 0 amide bonds. The molecule has 1 unspecified atom stereocenters. The van der Waals surface area contributed by atoms with Crippen molar-refractivity contribution in [2.45, 2.75) is 38.3 Å². The van der Waals surface area contributed by atoms with Gasteiger partial charge in [0.1, 0.15) is 0 Å². The Morgan fingerprint density at radius 1 is 1.42 bits per heavy atom. The molecule has 0 saturated carbocycles. The van der Waals surface area contributed by atoms with E-state index in [0.717, 1.165) is 19.4 Å². The molecule has 1 heterocycles. The molecule has 1 saturated heterocycles. The van der Waals surface area contributed by atoms with E-state index in [0.29, 0.717) is 6.04 Å². The summed E-state index contributed by atoms with van der Waals surface area (Å²) >= 11 is 0. The van der Waals surface area contributed by atoms with Gasteiger partial charge in [-0.3, -0.25) is 10.4 Å². The summed E-state index contributed by atoms with van der Waals surface area (Å²) in [5.41, 5.74) is 3.44. The second-order valence-corrected chi connectivity index (χ2v) is 4.32. The summed E-state index contributed by atoms with van der Waals surface area (Å²) in [6, 6.07) is 0.573. The van der Waals surface area contributed by atoms with E-state index in [1.165, 1.54) is 0 Å². The molecule has 1 fully saturated rings. The number of hydrogen-bond acceptors (Lipinski definition) is 3. The molecule has 0 aromatic rings. The molecule has 0 aromatic carbocycles. The number of nitrogens with one attached hydrogen (secondary N) is 1. The SMILES string of the molecule is CN(C)NC1CCOC(C)(C)C1. The molecular weight excluding hydrogens is 152 g/mol. The maximum Gasteiger partial charge on any atom is 0.0641 e. The average Bonchev–Trinajstić information content (AvgIpc) is 1.82. The summed E-state index contributed by atoms with van der Waals surface area (Å²) < 4.78 is 5.62. The molecule has 0 aliphatic carbocycles. The fraction of sp³-hybridized carbons (Fsp3) is 1.00. The summed E-state index contributed by atoms with van der Waals surface area (Å²) in [5.74, 6) is 0. The molecule has 0 spiro atoms. The van der Waals surface area contributed by atoms with Crippen molar-refractivity contribution in [1.82, 2.24) is 10.4 Å². The van der Waals surface area contributed by atoms with E-state index in [1.807, 2.05) is 19.1 Å². The van der Waals surface area contributed by atoms with Crippen LogP contribution in [0.5, 0.6) is 0 Å². The number of hydrazine groups is 1. The third-order valence-corrected chi connectivity index (χ3v) is 2.14. The molecule has 1 N–H and O–H groups in total. The molecule has 3 heteroatoms. The number of nitrogens with zero attached hydrogens (tertiary/aromatic N) is 1.